The van der Waals surface area contributed by atoms with Gasteiger partial charge < -0.3 is 0 Å². The summed E-state index contributed by atoms with van der Waals surface area (Å²) in [6.07, 6.45) is 8.57. The summed E-state index contributed by atoms with van der Waals surface area (Å²) in [5.74, 6) is 0.0530. The van der Waals surface area contributed by atoms with Gasteiger partial charge in [-0.2, -0.15) is 0 Å². The van der Waals surface area contributed by atoms with E-state index in [-0.39, 0.29) is 5.78 Å². The summed E-state index contributed by atoms with van der Waals surface area (Å²) in [7, 11) is 0. The highest BCUT2D eigenvalue weighted by atomic mass is 19.1. The zero-order valence-corrected chi connectivity index (χ0v) is 6.09. The molecule has 58 valence electrons. The molecule has 11 heavy (non-hydrogen) atoms. The SMILES string of the molecule is O=C1CC=CC=C1/C=C/CF. The van der Waals surface area contributed by atoms with Crippen LogP contribution in [0.4, 0.5) is 4.39 Å². The highest BCUT2D eigenvalue weighted by Crippen LogP contribution is 2.08. The second-order valence-corrected chi connectivity index (χ2v) is 2.23. The first-order chi connectivity index (χ1) is 5.34. The molecule has 0 radical (unpaired) electrons. The highest BCUT2D eigenvalue weighted by Gasteiger charge is 2.05. The predicted octanol–water partition coefficient (Wildman–Crippen LogP) is 1.97. The average molecular weight is 152 g/mol. The molecule has 0 spiro atoms. The standard InChI is InChI=1S/C9H9FO/c10-7-3-5-8-4-1-2-6-9(8)11/h1-5H,6-7H2/b5-3+. The van der Waals surface area contributed by atoms with Crippen molar-refractivity contribution < 1.29 is 9.18 Å². The first-order valence-corrected chi connectivity index (χ1v) is 3.47. The van der Waals surface area contributed by atoms with E-state index in [1.165, 1.54) is 12.2 Å². The number of Topliss-reactive ketones (excluding diaryl/α,β-unsaturated/α-hetero) is 1. The lowest BCUT2D eigenvalue weighted by molar-refractivity contribution is -0.114. The third-order valence-corrected chi connectivity index (χ3v) is 1.42. The summed E-state index contributed by atoms with van der Waals surface area (Å²) < 4.78 is 11.6. The molecule has 1 aliphatic carbocycles. The number of rotatable bonds is 2. The van der Waals surface area contributed by atoms with Gasteiger partial charge in [0.15, 0.2) is 5.78 Å². The molecular weight excluding hydrogens is 143 g/mol. The highest BCUT2D eigenvalue weighted by molar-refractivity contribution is 6.00. The smallest absolute Gasteiger partial charge is 0.166 e. The van der Waals surface area contributed by atoms with Gasteiger partial charge in [0.2, 0.25) is 0 Å². The normalized spacial score (nSPS) is 17.5. The van der Waals surface area contributed by atoms with Gasteiger partial charge in [-0.3, -0.25) is 4.79 Å². The molecule has 0 heterocycles. The van der Waals surface area contributed by atoms with Crippen molar-refractivity contribution in [3.63, 3.8) is 0 Å². The Balaban J connectivity index is 2.68. The first-order valence-electron chi connectivity index (χ1n) is 3.47. The molecule has 0 amide bonds. The van der Waals surface area contributed by atoms with Gasteiger partial charge in [-0.25, -0.2) is 4.39 Å². The van der Waals surface area contributed by atoms with Crippen LogP contribution in [0.3, 0.4) is 0 Å². The van der Waals surface area contributed by atoms with Crippen LogP contribution in [0.1, 0.15) is 6.42 Å². The van der Waals surface area contributed by atoms with Gasteiger partial charge in [-0.1, -0.05) is 30.4 Å². The zero-order valence-electron chi connectivity index (χ0n) is 6.09. The molecule has 0 saturated carbocycles. The summed E-state index contributed by atoms with van der Waals surface area (Å²) in [5.41, 5.74) is 0.588. The topological polar surface area (TPSA) is 17.1 Å². The fourth-order valence-corrected chi connectivity index (χ4v) is 0.878. The van der Waals surface area contributed by atoms with Crippen molar-refractivity contribution in [1.29, 1.82) is 0 Å². The fraction of sp³-hybridized carbons (Fsp3) is 0.222. The van der Waals surface area contributed by atoms with E-state index in [0.29, 0.717) is 12.0 Å². The van der Waals surface area contributed by atoms with Gasteiger partial charge >= 0.3 is 0 Å². The van der Waals surface area contributed by atoms with Gasteiger partial charge in [0.05, 0.1) is 0 Å². The maximum absolute atomic E-state index is 11.6. The minimum absolute atomic E-state index is 0.0530. The Kier molecular flexibility index (Phi) is 2.78. The molecule has 0 saturated heterocycles. The Morgan fingerprint density at radius 2 is 2.45 bits per heavy atom. The lowest BCUT2D eigenvalue weighted by Crippen LogP contribution is -2.00. The minimum atomic E-state index is -0.520. The molecule has 1 aliphatic rings. The Morgan fingerprint density at radius 1 is 1.64 bits per heavy atom. The molecule has 0 aromatic heterocycles. The minimum Gasteiger partial charge on any atom is -0.294 e. The third kappa shape index (κ3) is 2.15. The van der Waals surface area contributed by atoms with Crippen LogP contribution in [-0.4, -0.2) is 12.5 Å². The number of halogens is 1. The molecule has 1 rings (SSSR count). The molecule has 1 nitrogen and oxygen atoms in total. The molecule has 2 heteroatoms. The number of hydrogen-bond acceptors (Lipinski definition) is 1. The van der Waals surface area contributed by atoms with E-state index < -0.39 is 6.67 Å². The third-order valence-electron chi connectivity index (χ3n) is 1.42. The quantitative estimate of drug-likeness (QED) is 0.591. The Bertz CT molecular complexity index is 236. The lowest BCUT2D eigenvalue weighted by atomic mass is 10.0. The van der Waals surface area contributed by atoms with Crippen LogP contribution < -0.4 is 0 Å². The molecular formula is C9H9FO. The predicted molar refractivity (Wildman–Crippen MR) is 42.0 cm³/mol. The van der Waals surface area contributed by atoms with Crippen LogP contribution in [0, 0.1) is 0 Å². The summed E-state index contributed by atoms with van der Waals surface area (Å²) in [6.45, 7) is -0.520. The second kappa shape index (κ2) is 3.86. The fourth-order valence-electron chi connectivity index (χ4n) is 0.878. The van der Waals surface area contributed by atoms with E-state index in [9.17, 15) is 9.18 Å². The van der Waals surface area contributed by atoms with Crippen LogP contribution in [0.5, 0.6) is 0 Å². The monoisotopic (exact) mass is 152 g/mol. The van der Waals surface area contributed by atoms with Crippen molar-refractivity contribution >= 4 is 5.78 Å². The Morgan fingerprint density at radius 3 is 3.09 bits per heavy atom. The zero-order chi connectivity index (χ0) is 8.10. The van der Waals surface area contributed by atoms with Gasteiger partial charge in [-0.05, 0) is 0 Å². The van der Waals surface area contributed by atoms with E-state index in [4.69, 9.17) is 0 Å². The maximum atomic E-state index is 11.6. The first kappa shape index (κ1) is 7.92. The van der Waals surface area contributed by atoms with Gasteiger partial charge in [-0.15, -0.1) is 0 Å². The van der Waals surface area contributed by atoms with E-state index in [0.717, 1.165) is 0 Å². The van der Waals surface area contributed by atoms with E-state index in [2.05, 4.69) is 0 Å². The number of hydrogen-bond donors (Lipinski definition) is 0. The van der Waals surface area contributed by atoms with Gasteiger partial charge in [0, 0.05) is 12.0 Å². The van der Waals surface area contributed by atoms with Crippen LogP contribution in [0.15, 0.2) is 36.0 Å². The van der Waals surface area contributed by atoms with E-state index in [1.807, 2.05) is 0 Å². The summed E-state index contributed by atoms with van der Waals surface area (Å²) in [4.78, 5) is 11.0. The Hall–Kier alpha value is -1.18. The largest absolute Gasteiger partial charge is 0.294 e. The van der Waals surface area contributed by atoms with Crippen molar-refractivity contribution in [2.75, 3.05) is 6.67 Å². The van der Waals surface area contributed by atoms with Crippen LogP contribution in [0.25, 0.3) is 0 Å². The van der Waals surface area contributed by atoms with Gasteiger partial charge in [0.25, 0.3) is 0 Å². The van der Waals surface area contributed by atoms with Crippen molar-refractivity contribution in [2.24, 2.45) is 0 Å². The van der Waals surface area contributed by atoms with Crippen molar-refractivity contribution in [3.8, 4) is 0 Å². The van der Waals surface area contributed by atoms with Crippen LogP contribution in [-0.2, 0) is 4.79 Å². The Labute approximate surface area is 64.9 Å². The van der Waals surface area contributed by atoms with Crippen LogP contribution >= 0.6 is 0 Å². The summed E-state index contributed by atoms with van der Waals surface area (Å²) in [6, 6.07) is 0. The molecule has 0 bridgehead atoms. The molecule has 0 fully saturated rings. The lowest BCUT2D eigenvalue weighted by Gasteiger charge is -2.00. The molecule has 0 aromatic rings. The number of alkyl halides is 1. The van der Waals surface area contributed by atoms with Crippen molar-refractivity contribution in [2.45, 2.75) is 6.42 Å². The molecule has 0 atom stereocenters. The number of ketones is 1. The summed E-state index contributed by atoms with van der Waals surface area (Å²) >= 11 is 0. The number of allylic oxidation sites excluding steroid dienone is 6. The number of carbonyl (C=O) groups excluding carboxylic acids is 1. The van der Waals surface area contributed by atoms with E-state index in [1.54, 1.807) is 18.2 Å². The molecule has 0 N–H and O–H groups in total. The molecule has 0 unspecified atom stereocenters. The van der Waals surface area contributed by atoms with Crippen molar-refractivity contribution in [1.82, 2.24) is 0 Å². The number of carbonyl (C=O) groups is 1. The molecule has 0 aliphatic heterocycles. The van der Waals surface area contributed by atoms with Crippen molar-refractivity contribution in [3.05, 3.63) is 36.0 Å². The van der Waals surface area contributed by atoms with Gasteiger partial charge in [0.1, 0.15) is 6.67 Å². The second-order valence-electron chi connectivity index (χ2n) is 2.23. The maximum Gasteiger partial charge on any atom is 0.166 e. The van der Waals surface area contributed by atoms with E-state index >= 15 is 0 Å². The molecule has 0 aromatic carbocycles. The average Bonchev–Trinajstić information content (AvgIpc) is 2.03. The summed E-state index contributed by atoms with van der Waals surface area (Å²) in [5, 5.41) is 0. The van der Waals surface area contributed by atoms with Crippen LogP contribution in [0.2, 0.25) is 0 Å².